The van der Waals surface area contributed by atoms with E-state index in [1.807, 2.05) is 63.4 Å². The van der Waals surface area contributed by atoms with E-state index in [9.17, 15) is 4.79 Å². The Hall–Kier alpha value is -2.80. The number of ether oxygens (including phenoxy) is 2. The van der Waals surface area contributed by atoms with Gasteiger partial charge in [0.1, 0.15) is 5.76 Å². The first kappa shape index (κ1) is 20.9. The Morgan fingerprint density at radius 3 is 2.66 bits per heavy atom. The highest BCUT2D eigenvalue weighted by molar-refractivity contribution is 7.13. The summed E-state index contributed by atoms with van der Waals surface area (Å²) in [6, 6.07) is 9.44. The molecule has 0 unspecified atom stereocenters. The molecule has 1 atom stereocenters. The van der Waals surface area contributed by atoms with E-state index < -0.39 is 0 Å². The van der Waals surface area contributed by atoms with Crippen LogP contribution in [0.3, 0.4) is 0 Å². The van der Waals surface area contributed by atoms with Crippen LogP contribution in [0.2, 0.25) is 0 Å². The summed E-state index contributed by atoms with van der Waals surface area (Å²) in [6.07, 6.45) is 0.167. The van der Waals surface area contributed by atoms with Gasteiger partial charge in [-0.25, -0.2) is 4.98 Å². The third-order valence-corrected chi connectivity index (χ3v) is 5.26. The van der Waals surface area contributed by atoms with Crippen molar-refractivity contribution < 1.29 is 18.7 Å². The van der Waals surface area contributed by atoms with Gasteiger partial charge in [-0.3, -0.25) is 4.79 Å². The van der Waals surface area contributed by atoms with Crippen molar-refractivity contribution in [2.75, 3.05) is 13.2 Å². The summed E-state index contributed by atoms with van der Waals surface area (Å²) in [7, 11) is 0. The predicted molar refractivity (Wildman–Crippen MR) is 114 cm³/mol. The van der Waals surface area contributed by atoms with E-state index in [1.54, 1.807) is 11.3 Å². The first-order valence-corrected chi connectivity index (χ1v) is 10.6. The molecule has 2 heterocycles. The van der Waals surface area contributed by atoms with Crippen LogP contribution >= 0.6 is 11.3 Å². The molecule has 0 aliphatic heterocycles. The standard InChI is InChI=1S/C22H26N2O4S/c1-5-26-18-10-9-16(12-19(18)27-6-2)14(3)23-21(25)13-17-15(4)28-22(24-17)20-8-7-11-29-20/h7-12,14H,5-6,13H2,1-4H3,(H,23,25)/t14-/m1/s1. The Morgan fingerprint density at radius 2 is 1.97 bits per heavy atom. The molecule has 0 spiro atoms. The maximum Gasteiger partial charge on any atom is 0.236 e. The highest BCUT2D eigenvalue weighted by Gasteiger charge is 2.18. The molecule has 0 saturated heterocycles. The SMILES string of the molecule is CCOc1ccc([C@@H](C)NC(=O)Cc2nc(-c3cccs3)oc2C)cc1OCC. The first-order valence-electron chi connectivity index (χ1n) is 9.70. The summed E-state index contributed by atoms with van der Waals surface area (Å²) >= 11 is 1.56. The molecule has 7 heteroatoms. The Bertz CT molecular complexity index is 950. The second-order valence-corrected chi connectivity index (χ2v) is 7.49. The van der Waals surface area contributed by atoms with Gasteiger partial charge < -0.3 is 19.2 Å². The van der Waals surface area contributed by atoms with E-state index in [0.717, 1.165) is 10.4 Å². The van der Waals surface area contributed by atoms with Crippen molar-refractivity contribution >= 4 is 17.2 Å². The number of carbonyl (C=O) groups excluding carboxylic acids is 1. The third-order valence-electron chi connectivity index (χ3n) is 4.40. The molecule has 154 valence electrons. The smallest absolute Gasteiger partial charge is 0.236 e. The van der Waals surface area contributed by atoms with Crippen LogP contribution in [0.5, 0.6) is 11.5 Å². The number of nitrogens with one attached hydrogen (secondary N) is 1. The zero-order valence-corrected chi connectivity index (χ0v) is 18.0. The van der Waals surface area contributed by atoms with Gasteiger partial charge in [0.25, 0.3) is 0 Å². The quantitative estimate of drug-likeness (QED) is 0.537. The minimum Gasteiger partial charge on any atom is -0.490 e. The van der Waals surface area contributed by atoms with Gasteiger partial charge in [-0.05, 0) is 56.8 Å². The minimum absolute atomic E-state index is 0.113. The number of benzene rings is 1. The van der Waals surface area contributed by atoms with Gasteiger partial charge >= 0.3 is 0 Å². The molecule has 0 bridgehead atoms. The minimum atomic E-state index is -0.179. The molecular weight excluding hydrogens is 388 g/mol. The molecule has 3 aromatic rings. The van der Waals surface area contributed by atoms with Gasteiger partial charge in [0.05, 0.1) is 36.2 Å². The fourth-order valence-electron chi connectivity index (χ4n) is 2.96. The zero-order chi connectivity index (χ0) is 20.8. The average Bonchev–Trinajstić information content (AvgIpc) is 3.34. The van der Waals surface area contributed by atoms with Gasteiger partial charge in [0.15, 0.2) is 11.5 Å². The van der Waals surface area contributed by atoms with Crippen molar-refractivity contribution in [2.45, 2.75) is 40.2 Å². The third kappa shape index (κ3) is 5.17. The van der Waals surface area contributed by atoms with Crippen LogP contribution in [-0.4, -0.2) is 24.1 Å². The molecular formula is C22H26N2O4S. The van der Waals surface area contributed by atoms with Crippen molar-refractivity contribution in [3.63, 3.8) is 0 Å². The Kier molecular flexibility index (Phi) is 6.93. The summed E-state index contributed by atoms with van der Waals surface area (Å²) in [5, 5.41) is 4.99. The number of rotatable bonds is 9. The van der Waals surface area contributed by atoms with E-state index >= 15 is 0 Å². The van der Waals surface area contributed by atoms with Crippen LogP contribution in [0.1, 0.15) is 43.8 Å². The summed E-state index contributed by atoms with van der Waals surface area (Å²) in [5.41, 5.74) is 1.60. The molecule has 0 fully saturated rings. The van der Waals surface area contributed by atoms with Crippen molar-refractivity contribution in [3.05, 3.63) is 52.7 Å². The fraction of sp³-hybridized carbons (Fsp3) is 0.364. The number of amides is 1. The normalized spacial score (nSPS) is 11.9. The van der Waals surface area contributed by atoms with Crippen LogP contribution in [0, 0.1) is 6.92 Å². The number of aryl methyl sites for hydroxylation is 1. The second kappa shape index (κ2) is 9.60. The van der Waals surface area contributed by atoms with E-state index in [-0.39, 0.29) is 18.4 Å². The first-order chi connectivity index (χ1) is 14.0. The van der Waals surface area contributed by atoms with E-state index in [1.165, 1.54) is 0 Å². The molecule has 1 amide bonds. The van der Waals surface area contributed by atoms with Gasteiger partial charge in [-0.1, -0.05) is 12.1 Å². The molecule has 0 aliphatic rings. The van der Waals surface area contributed by atoms with Crippen LogP contribution < -0.4 is 14.8 Å². The predicted octanol–water partition coefficient (Wildman–Crippen LogP) is 4.93. The lowest BCUT2D eigenvalue weighted by atomic mass is 10.1. The number of hydrogen-bond donors (Lipinski definition) is 1. The van der Waals surface area contributed by atoms with Crippen LogP contribution in [0.15, 0.2) is 40.1 Å². The van der Waals surface area contributed by atoms with E-state index in [2.05, 4.69) is 10.3 Å². The monoisotopic (exact) mass is 414 g/mol. The number of oxazole rings is 1. The summed E-state index contributed by atoms with van der Waals surface area (Å²) in [4.78, 5) is 18.0. The topological polar surface area (TPSA) is 73.6 Å². The van der Waals surface area contributed by atoms with Crippen molar-refractivity contribution in [3.8, 4) is 22.3 Å². The fourth-order valence-corrected chi connectivity index (χ4v) is 3.61. The summed E-state index contributed by atoms with van der Waals surface area (Å²) in [6.45, 7) is 8.74. The maximum atomic E-state index is 12.6. The number of carbonyl (C=O) groups is 1. The molecule has 0 radical (unpaired) electrons. The van der Waals surface area contributed by atoms with Crippen LogP contribution in [0.25, 0.3) is 10.8 Å². The van der Waals surface area contributed by atoms with E-state index in [4.69, 9.17) is 13.9 Å². The molecule has 0 saturated carbocycles. The Labute approximate surface area is 174 Å². The van der Waals surface area contributed by atoms with Crippen LogP contribution in [0.4, 0.5) is 0 Å². The second-order valence-electron chi connectivity index (χ2n) is 6.54. The number of hydrogen-bond acceptors (Lipinski definition) is 6. The molecule has 1 aromatic carbocycles. The van der Waals surface area contributed by atoms with Gasteiger partial charge in [-0.15, -0.1) is 11.3 Å². The van der Waals surface area contributed by atoms with E-state index in [0.29, 0.717) is 42.1 Å². The van der Waals surface area contributed by atoms with Crippen molar-refractivity contribution in [1.29, 1.82) is 0 Å². The largest absolute Gasteiger partial charge is 0.490 e. The van der Waals surface area contributed by atoms with Gasteiger partial charge in [-0.2, -0.15) is 0 Å². The molecule has 1 N–H and O–H groups in total. The summed E-state index contributed by atoms with van der Waals surface area (Å²) < 4.78 is 17.0. The van der Waals surface area contributed by atoms with Crippen LogP contribution in [-0.2, 0) is 11.2 Å². The lowest BCUT2D eigenvalue weighted by Crippen LogP contribution is -2.28. The van der Waals surface area contributed by atoms with Gasteiger partial charge in [0.2, 0.25) is 11.8 Å². The number of nitrogens with zero attached hydrogens (tertiary/aromatic N) is 1. The number of thiophene rings is 1. The molecule has 2 aromatic heterocycles. The molecule has 0 aliphatic carbocycles. The van der Waals surface area contributed by atoms with Crippen molar-refractivity contribution in [1.82, 2.24) is 10.3 Å². The number of aromatic nitrogens is 1. The molecule has 29 heavy (non-hydrogen) atoms. The maximum absolute atomic E-state index is 12.6. The average molecular weight is 415 g/mol. The highest BCUT2D eigenvalue weighted by atomic mass is 32.1. The molecule has 6 nitrogen and oxygen atoms in total. The van der Waals surface area contributed by atoms with Gasteiger partial charge in [0, 0.05) is 0 Å². The summed E-state index contributed by atoms with van der Waals surface area (Å²) in [5.74, 6) is 2.49. The van der Waals surface area contributed by atoms with Crippen molar-refractivity contribution in [2.24, 2.45) is 0 Å². The lowest BCUT2D eigenvalue weighted by Gasteiger charge is -2.17. The highest BCUT2D eigenvalue weighted by Crippen LogP contribution is 2.31. The Morgan fingerprint density at radius 1 is 1.21 bits per heavy atom. The molecule has 3 rings (SSSR count). The zero-order valence-electron chi connectivity index (χ0n) is 17.2. The lowest BCUT2D eigenvalue weighted by molar-refractivity contribution is -0.121. The Balaban J connectivity index is 1.67.